The van der Waals surface area contributed by atoms with Gasteiger partial charge in [-0.3, -0.25) is 4.90 Å². The molecule has 0 aromatic carbocycles. The maximum Gasteiger partial charge on any atom is 0.122 e. The minimum absolute atomic E-state index is 0.531. The fraction of sp³-hybridized carbons (Fsp3) is 0.750. The fourth-order valence-electron chi connectivity index (χ4n) is 2.41. The highest BCUT2D eigenvalue weighted by Gasteiger charge is 2.30. The maximum absolute atomic E-state index is 13.9. The van der Waals surface area contributed by atoms with Crippen molar-refractivity contribution in [1.82, 2.24) is 14.5 Å². The van der Waals surface area contributed by atoms with E-state index in [-0.39, 0.29) is 0 Å². The Labute approximate surface area is 96.3 Å². The van der Waals surface area contributed by atoms with Gasteiger partial charge in [-0.1, -0.05) is 0 Å². The molecular formula is C12H20FN3. The third-order valence-corrected chi connectivity index (χ3v) is 3.23. The molecule has 1 unspecified atom stereocenters. The van der Waals surface area contributed by atoms with E-state index in [0.29, 0.717) is 13.0 Å². The van der Waals surface area contributed by atoms with Gasteiger partial charge in [-0.25, -0.2) is 9.37 Å². The first-order valence-electron chi connectivity index (χ1n) is 6.02. The molecule has 0 bridgehead atoms. The maximum atomic E-state index is 13.9. The van der Waals surface area contributed by atoms with E-state index in [1.54, 1.807) is 6.92 Å². The lowest BCUT2D eigenvalue weighted by molar-refractivity contribution is 0.0543. The van der Waals surface area contributed by atoms with E-state index in [0.717, 1.165) is 31.9 Å². The van der Waals surface area contributed by atoms with Crippen molar-refractivity contribution in [2.75, 3.05) is 13.1 Å². The first kappa shape index (κ1) is 11.6. The molecule has 1 aromatic heterocycles. The molecule has 4 heteroatoms. The fourth-order valence-corrected chi connectivity index (χ4v) is 2.41. The van der Waals surface area contributed by atoms with Gasteiger partial charge in [0.1, 0.15) is 11.5 Å². The molecule has 16 heavy (non-hydrogen) atoms. The molecular weight excluding hydrogens is 205 g/mol. The van der Waals surface area contributed by atoms with Crippen molar-refractivity contribution in [3.8, 4) is 0 Å². The first-order chi connectivity index (χ1) is 7.61. The number of halogens is 1. The zero-order valence-corrected chi connectivity index (χ0v) is 10.1. The van der Waals surface area contributed by atoms with Crippen molar-refractivity contribution in [3.05, 3.63) is 18.2 Å². The van der Waals surface area contributed by atoms with Crippen LogP contribution in [0.15, 0.2) is 12.4 Å². The number of aromatic nitrogens is 2. The Morgan fingerprint density at radius 3 is 3.06 bits per heavy atom. The van der Waals surface area contributed by atoms with Crippen LogP contribution in [-0.2, 0) is 13.1 Å². The largest absolute Gasteiger partial charge is 0.334 e. The summed E-state index contributed by atoms with van der Waals surface area (Å²) in [6.45, 7) is 7.00. The normalized spacial score (nSPS) is 27.2. The molecule has 0 amide bonds. The molecule has 1 aliphatic rings. The van der Waals surface area contributed by atoms with Crippen LogP contribution in [0, 0.1) is 0 Å². The number of aryl methyl sites for hydroxylation is 1. The topological polar surface area (TPSA) is 21.1 Å². The van der Waals surface area contributed by atoms with Gasteiger partial charge in [-0.05, 0) is 33.2 Å². The molecule has 0 aliphatic carbocycles. The lowest BCUT2D eigenvalue weighted by Crippen LogP contribution is -2.43. The standard InChI is InChI=1S/C12H20FN3/c1-3-16-8-6-14-11(16)9-15-7-4-5-12(2,13)10-15/h6,8H,3-5,7,9-10H2,1-2H3. The highest BCUT2D eigenvalue weighted by molar-refractivity contribution is 4.94. The van der Waals surface area contributed by atoms with Gasteiger partial charge in [-0.15, -0.1) is 0 Å². The minimum Gasteiger partial charge on any atom is -0.334 e. The van der Waals surface area contributed by atoms with Crippen LogP contribution in [0.2, 0.25) is 0 Å². The number of alkyl halides is 1. The van der Waals surface area contributed by atoms with Crippen molar-refractivity contribution < 1.29 is 4.39 Å². The Kier molecular flexibility index (Phi) is 3.28. The van der Waals surface area contributed by atoms with Gasteiger partial charge in [0.2, 0.25) is 0 Å². The minimum atomic E-state index is -1.03. The van der Waals surface area contributed by atoms with Crippen molar-refractivity contribution in [2.45, 2.75) is 45.4 Å². The second kappa shape index (κ2) is 4.53. The van der Waals surface area contributed by atoms with E-state index in [1.807, 2.05) is 12.4 Å². The lowest BCUT2D eigenvalue weighted by Gasteiger charge is -2.34. The van der Waals surface area contributed by atoms with E-state index in [1.165, 1.54) is 0 Å². The van der Waals surface area contributed by atoms with Crippen LogP contribution in [0.1, 0.15) is 32.5 Å². The van der Waals surface area contributed by atoms with Crippen LogP contribution in [0.3, 0.4) is 0 Å². The Morgan fingerprint density at radius 2 is 2.38 bits per heavy atom. The van der Waals surface area contributed by atoms with Crippen molar-refractivity contribution in [1.29, 1.82) is 0 Å². The Hall–Kier alpha value is -0.900. The molecule has 90 valence electrons. The summed E-state index contributed by atoms with van der Waals surface area (Å²) in [5.74, 6) is 1.04. The van der Waals surface area contributed by atoms with Gasteiger partial charge in [0, 0.05) is 25.5 Å². The number of hydrogen-bond acceptors (Lipinski definition) is 2. The first-order valence-corrected chi connectivity index (χ1v) is 6.02. The summed E-state index contributed by atoms with van der Waals surface area (Å²) in [4.78, 5) is 6.49. The van der Waals surface area contributed by atoms with Gasteiger partial charge >= 0.3 is 0 Å². The molecule has 0 spiro atoms. The van der Waals surface area contributed by atoms with Crippen molar-refractivity contribution in [2.24, 2.45) is 0 Å². The number of likely N-dealkylation sites (tertiary alicyclic amines) is 1. The SMILES string of the molecule is CCn1ccnc1CN1CCCC(C)(F)C1. The second-order valence-electron chi connectivity index (χ2n) is 4.86. The Morgan fingerprint density at radius 1 is 1.56 bits per heavy atom. The van der Waals surface area contributed by atoms with Gasteiger partial charge in [0.15, 0.2) is 0 Å². The molecule has 0 radical (unpaired) electrons. The highest BCUT2D eigenvalue weighted by Crippen LogP contribution is 2.25. The van der Waals surface area contributed by atoms with Crippen LogP contribution in [0.25, 0.3) is 0 Å². The number of imidazole rings is 1. The average molecular weight is 225 g/mol. The molecule has 0 N–H and O–H groups in total. The summed E-state index contributed by atoms with van der Waals surface area (Å²) in [6.07, 6.45) is 5.43. The number of nitrogens with zero attached hydrogens (tertiary/aromatic N) is 3. The summed E-state index contributed by atoms with van der Waals surface area (Å²) in [5, 5.41) is 0. The van der Waals surface area contributed by atoms with Gasteiger partial charge in [0.25, 0.3) is 0 Å². The summed E-state index contributed by atoms with van der Waals surface area (Å²) >= 11 is 0. The van der Waals surface area contributed by atoms with E-state index in [2.05, 4.69) is 21.4 Å². The molecule has 0 saturated carbocycles. The van der Waals surface area contributed by atoms with Gasteiger partial charge in [0.05, 0.1) is 6.54 Å². The van der Waals surface area contributed by atoms with Crippen LogP contribution < -0.4 is 0 Å². The van der Waals surface area contributed by atoms with Crippen LogP contribution in [0.4, 0.5) is 4.39 Å². The number of rotatable bonds is 3. The summed E-state index contributed by atoms with van der Waals surface area (Å²) < 4.78 is 16.0. The monoisotopic (exact) mass is 225 g/mol. The van der Waals surface area contributed by atoms with Crippen molar-refractivity contribution >= 4 is 0 Å². The quantitative estimate of drug-likeness (QED) is 0.786. The average Bonchev–Trinajstić information content (AvgIpc) is 2.63. The Balaban J connectivity index is 1.99. The van der Waals surface area contributed by atoms with E-state index >= 15 is 0 Å². The zero-order valence-electron chi connectivity index (χ0n) is 10.1. The van der Waals surface area contributed by atoms with E-state index in [9.17, 15) is 4.39 Å². The molecule has 1 saturated heterocycles. The van der Waals surface area contributed by atoms with Crippen LogP contribution in [-0.4, -0.2) is 33.2 Å². The predicted molar refractivity (Wildman–Crippen MR) is 61.9 cm³/mol. The van der Waals surface area contributed by atoms with Gasteiger partial charge < -0.3 is 4.57 Å². The van der Waals surface area contributed by atoms with Crippen LogP contribution >= 0.6 is 0 Å². The molecule has 2 heterocycles. The number of hydrogen-bond donors (Lipinski definition) is 0. The van der Waals surface area contributed by atoms with Crippen LogP contribution in [0.5, 0.6) is 0 Å². The summed E-state index contributed by atoms with van der Waals surface area (Å²) in [6, 6.07) is 0. The molecule has 1 fully saturated rings. The van der Waals surface area contributed by atoms with Crippen molar-refractivity contribution in [3.63, 3.8) is 0 Å². The third kappa shape index (κ3) is 2.61. The molecule has 1 atom stereocenters. The smallest absolute Gasteiger partial charge is 0.122 e. The van der Waals surface area contributed by atoms with E-state index in [4.69, 9.17) is 0 Å². The van der Waals surface area contributed by atoms with E-state index < -0.39 is 5.67 Å². The molecule has 3 nitrogen and oxygen atoms in total. The molecule has 2 rings (SSSR count). The number of piperidine rings is 1. The molecule has 1 aromatic rings. The molecule has 1 aliphatic heterocycles. The van der Waals surface area contributed by atoms with Gasteiger partial charge in [-0.2, -0.15) is 0 Å². The summed E-state index contributed by atoms with van der Waals surface area (Å²) in [5.41, 5.74) is -1.03. The highest BCUT2D eigenvalue weighted by atomic mass is 19.1. The lowest BCUT2D eigenvalue weighted by atomic mass is 9.97. The third-order valence-electron chi connectivity index (χ3n) is 3.23. The zero-order chi connectivity index (χ0) is 11.6. The summed E-state index contributed by atoms with van der Waals surface area (Å²) in [7, 11) is 0. The predicted octanol–water partition coefficient (Wildman–Crippen LogP) is 2.23. The second-order valence-corrected chi connectivity index (χ2v) is 4.86. The Bertz CT molecular complexity index is 346.